The Kier molecular flexibility index (Phi) is 4.55. The van der Waals surface area contributed by atoms with Crippen LogP contribution in [0.3, 0.4) is 0 Å². The van der Waals surface area contributed by atoms with Gasteiger partial charge in [0.1, 0.15) is 11.3 Å². The highest BCUT2D eigenvalue weighted by Gasteiger charge is 2.11. The first kappa shape index (κ1) is 13.6. The van der Waals surface area contributed by atoms with Crippen LogP contribution in [0.5, 0.6) is 0 Å². The number of benzene rings is 1. The Morgan fingerprint density at radius 3 is 2.63 bits per heavy atom. The van der Waals surface area contributed by atoms with Gasteiger partial charge in [-0.1, -0.05) is 48.0 Å². The lowest BCUT2D eigenvalue weighted by molar-refractivity contribution is 0.225. The second-order valence-corrected chi connectivity index (χ2v) is 4.42. The van der Waals surface area contributed by atoms with Crippen LogP contribution in [0.4, 0.5) is 5.69 Å². The molecule has 2 rings (SSSR count). The van der Waals surface area contributed by atoms with Crippen LogP contribution >= 0.6 is 11.6 Å². The summed E-state index contributed by atoms with van der Waals surface area (Å²) in [4.78, 5) is 4.16. The molecule has 1 aromatic carbocycles. The molecule has 0 aliphatic carbocycles. The quantitative estimate of drug-likeness (QED) is 0.839. The van der Waals surface area contributed by atoms with E-state index in [1.807, 2.05) is 36.4 Å². The molecule has 0 saturated heterocycles. The monoisotopic (exact) mass is 274 g/mol. The average Bonchev–Trinajstić information content (AvgIpc) is 2.46. The van der Waals surface area contributed by atoms with Gasteiger partial charge in [-0.2, -0.15) is 0 Å². The predicted octanol–water partition coefficient (Wildman–Crippen LogP) is 3.52. The SMILES string of the molecule is CNc1ccc(Cl)nc1C(O)/C=C/c1ccccc1. The van der Waals surface area contributed by atoms with Crippen molar-refractivity contribution in [2.24, 2.45) is 0 Å². The molecule has 1 heterocycles. The fourth-order valence-corrected chi connectivity index (χ4v) is 1.90. The first-order valence-corrected chi connectivity index (χ1v) is 6.34. The third-order valence-corrected chi connectivity index (χ3v) is 2.92. The lowest BCUT2D eigenvalue weighted by Crippen LogP contribution is -2.03. The molecule has 2 aromatic rings. The van der Waals surface area contributed by atoms with Crippen molar-refractivity contribution >= 4 is 23.4 Å². The second kappa shape index (κ2) is 6.36. The van der Waals surface area contributed by atoms with E-state index in [2.05, 4.69) is 10.3 Å². The van der Waals surface area contributed by atoms with Crippen LogP contribution in [0.2, 0.25) is 5.15 Å². The number of nitrogens with zero attached hydrogens (tertiary/aromatic N) is 1. The molecule has 98 valence electrons. The fraction of sp³-hybridized carbons (Fsp3) is 0.133. The van der Waals surface area contributed by atoms with E-state index in [9.17, 15) is 5.11 Å². The molecule has 1 atom stereocenters. The minimum absolute atomic E-state index is 0.362. The molecule has 0 aliphatic rings. The van der Waals surface area contributed by atoms with Gasteiger partial charge in [0.25, 0.3) is 0 Å². The van der Waals surface area contributed by atoms with Crippen molar-refractivity contribution in [3.63, 3.8) is 0 Å². The number of hydrogen-bond donors (Lipinski definition) is 2. The third kappa shape index (κ3) is 3.56. The van der Waals surface area contributed by atoms with Crippen molar-refractivity contribution in [2.45, 2.75) is 6.10 Å². The number of aliphatic hydroxyl groups is 1. The van der Waals surface area contributed by atoms with Crippen molar-refractivity contribution < 1.29 is 5.11 Å². The van der Waals surface area contributed by atoms with Gasteiger partial charge in [0.2, 0.25) is 0 Å². The van der Waals surface area contributed by atoms with Gasteiger partial charge in [-0.15, -0.1) is 0 Å². The van der Waals surface area contributed by atoms with Crippen molar-refractivity contribution in [3.05, 3.63) is 65.0 Å². The molecule has 19 heavy (non-hydrogen) atoms. The van der Waals surface area contributed by atoms with Gasteiger partial charge >= 0.3 is 0 Å². The van der Waals surface area contributed by atoms with Gasteiger partial charge in [-0.05, 0) is 23.8 Å². The van der Waals surface area contributed by atoms with E-state index in [0.29, 0.717) is 10.8 Å². The minimum Gasteiger partial charge on any atom is -0.387 e. The summed E-state index contributed by atoms with van der Waals surface area (Å²) in [5.41, 5.74) is 2.30. The maximum Gasteiger partial charge on any atom is 0.129 e. The molecule has 0 saturated carbocycles. The molecule has 1 aromatic heterocycles. The number of pyridine rings is 1. The van der Waals surface area contributed by atoms with Crippen molar-refractivity contribution in [2.75, 3.05) is 12.4 Å². The topological polar surface area (TPSA) is 45.2 Å². The average molecular weight is 275 g/mol. The molecular weight excluding hydrogens is 260 g/mol. The Labute approximate surface area is 117 Å². The van der Waals surface area contributed by atoms with Crippen LogP contribution in [-0.4, -0.2) is 17.1 Å². The summed E-state index contributed by atoms with van der Waals surface area (Å²) in [5.74, 6) is 0. The lowest BCUT2D eigenvalue weighted by Gasteiger charge is -2.11. The summed E-state index contributed by atoms with van der Waals surface area (Å²) in [7, 11) is 1.78. The van der Waals surface area contributed by atoms with Crippen LogP contribution in [0.1, 0.15) is 17.4 Å². The van der Waals surface area contributed by atoms with Crippen LogP contribution in [0.15, 0.2) is 48.5 Å². The zero-order valence-electron chi connectivity index (χ0n) is 10.5. The molecule has 2 N–H and O–H groups in total. The Balaban J connectivity index is 2.22. The second-order valence-electron chi connectivity index (χ2n) is 4.03. The van der Waals surface area contributed by atoms with Crippen molar-refractivity contribution in [3.8, 4) is 0 Å². The van der Waals surface area contributed by atoms with Gasteiger partial charge in [0.15, 0.2) is 0 Å². The van der Waals surface area contributed by atoms with Gasteiger partial charge in [0.05, 0.1) is 11.4 Å². The van der Waals surface area contributed by atoms with E-state index in [0.717, 1.165) is 11.3 Å². The van der Waals surface area contributed by atoms with E-state index in [-0.39, 0.29) is 0 Å². The molecule has 4 heteroatoms. The number of nitrogens with one attached hydrogen (secondary N) is 1. The van der Waals surface area contributed by atoms with Crippen molar-refractivity contribution in [1.29, 1.82) is 0 Å². The molecule has 0 bridgehead atoms. The van der Waals surface area contributed by atoms with Crippen LogP contribution < -0.4 is 5.32 Å². The van der Waals surface area contributed by atoms with Gasteiger partial charge < -0.3 is 10.4 Å². The van der Waals surface area contributed by atoms with Crippen LogP contribution in [0.25, 0.3) is 6.08 Å². The number of hydrogen-bond acceptors (Lipinski definition) is 3. The summed E-state index contributed by atoms with van der Waals surface area (Å²) in [6.45, 7) is 0. The number of halogens is 1. The highest BCUT2D eigenvalue weighted by Crippen LogP contribution is 2.24. The zero-order valence-corrected chi connectivity index (χ0v) is 11.3. The Morgan fingerprint density at radius 1 is 1.21 bits per heavy atom. The smallest absolute Gasteiger partial charge is 0.129 e. The Morgan fingerprint density at radius 2 is 1.95 bits per heavy atom. The highest BCUT2D eigenvalue weighted by atomic mass is 35.5. The summed E-state index contributed by atoms with van der Waals surface area (Å²) in [6.07, 6.45) is 2.74. The summed E-state index contributed by atoms with van der Waals surface area (Å²) < 4.78 is 0. The third-order valence-electron chi connectivity index (χ3n) is 2.71. The molecule has 3 nitrogen and oxygen atoms in total. The van der Waals surface area contributed by atoms with E-state index in [4.69, 9.17) is 11.6 Å². The number of aliphatic hydroxyl groups excluding tert-OH is 1. The van der Waals surface area contributed by atoms with Crippen LogP contribution in [-0.2, 0) is 0 Å². The summed E-state index contributed by atoms with van der Waals surface area (Å²) in [6, 6.07) is 13.3. The lowest BCUT2D eigenvalue weighted by atomic mass is 10.1. The fourth-order valence-electron chi connectivity index (χ4n) is 1.74. The summed E-state index contributed by atoms with van der Waals surface area (Å²) >= 11 is 5.86. The molecule has 0 radical (unpaired) electrons. The largest absolute Gasteiger partial charge is 0.387 e. The molecule has 0 fully saturated rings. The van der Waals surface area contributed by atoms with E-state index in [1.54, 1.807) is 25.3 Å². The minimum atomic E-state index is -0.804. The molecular formula is C15H15ClN2O. The highest BCUT2D eigenvalue weighted by molar-refractivity contribution is 6.29. The Bertz CT molecular complexity index is 570. The number of anilines is 1. The maximum absolute atomic E-state index is 10.2. The van der Waals surface area contributed by atoms with Gasteiger partial charge in [0, 0.05) is 7.05 Å². The maximum atomic E-state index is 10.2. The zero-order chi connectivity index (χ0) is 13.7. The molecule has 0 amide bonds. The standard InChI is InChI=1S/C15H15ClN2O/c1-17-12-8-10-14(16)18-15(12)13(19)9-7-11-5-3-2-4-6-11/h2-10,13,17,19H,1H3/b9-7+. The van der Waals surface area contributed by atoms with Crippen LogP contribution in [0, 0.1) is 0 Å². The van der Waals surface area contributed by atoms with Gasteiger partial charge in [-0.3, -0.25) is 0 Å². The van der Waals surface area contributed by atoms with Gasteiger partial charge in [-0.25, -0.2) is 4.98 Å². The number of aromatic nitrogens is 1. The van der Waals surface area contributed by atoms with E-state index < -0.39 is 6.10 Å². The summed E-state index contributed by atoms with van der Waals surface area (Å²) in [5, 5.41) is 13.5. The first-order chi connectivity index (χ1) is 9.20. The Hall–Kier alpha value is -1.84. The normalized spacial score (nSPS) is 12.6. The van der Waals surface area contributed by atoms with E-state index >= 15 is 0 Å². The number of rotatable bonds is 4. The predicted molar refractivity (Wildman–Crippen MR) is 79.2 cm³/mol. The first-order valence-electron chi connectivity index (χ1n) is 5.96. The van der Waals surface area contributed by atoms with Crippen molar-refractivity contribution in [1.82, 2.24) is 4.98 Å². The molecule has 0 spiro atoms. The van der Waals surface area contributed by atoms with E-state index in [1.165, 1.54) is 0 Å². The molecule has 0 aliphatic heterocycles. The molecule has 1 unspecified atom stereocenters.